The van der Waals surface area contributed by atoms with E-state index in [9.17, 15) is 4.39 Å². The number of piperidine rings is 1. The maximum Gasteiger partial charge on any atom is 0.126 e. The zero-order chi connectivity index (χ0) is 14.3. The second-order valence-electron chi connectivity index (χ2n) is 6.39. The molecule has 1 aromatic rings. The smallest absolute Gasteiger partial charge is 0.126 e. The van der Waals surface area contributed by atoms with Gasteiger partial charge in [0, 0.05) is 22.6 Å². The normalized spacial score (nSPS) is 31.5. The second kappa shape index (κ2) is 5.74. The van der Waals surface area contributed by atoms with Gasteiger partial charge in [-0.2, -0.15) is 0 Å². The molecule has 0 saturated carbocycles. The summed E-state index contributed by atoms with van der Waals surface area (Å²) in [7, 11) is 2.23. The summed E-state index contributed by atoms with van der Waals surface area (Å²) < 4.78 is 14.8. The summed E-state index contributed by atoms with van der Waals surface area (Å²) in [5.74, 6) is 0.390. The molecule has 2 nitrogen and oxygen atoms in total. The summed E-state index contributed by atoms with van der Waals surface area (Å²) >= 11 is 3.41. The first kappa shape index (κ1) is 14.5. The molecule has 110 valence electrons. The Bertz CT molecular complexity index is 479. The number of rotatable bonds is 3. The Hall–Kier alpha value is -0.450. The van der Waals surface area contributed by atoms with E-state index in [0.29, 0.717) is 24.4 Å². The molecular weight excluding hydrogens is 319 g/mol. The molecule has 2 bridgehead atoms. The average molecular weight is 341 g/mol. The van der Waals surface area contributed by atoms with Crippen LogP contribution in [0.1, 0.15) is 31.2 Å². The van der Waals surface area contributed by atoms with Crippen LogP contribution in [0.15, 0.2) is 22.7 Å². The van der Waals surface area contributed by atoms with Crippen molar-refractivity contribution in [2.24, 2.45) is 11.7 Å². The van der Waals surface area contributed by atoms with Gasteiger partial charge < -0.3 is 10.6 Å². The molecule has 3 atom stereocenters. The fraction of sp³-hybridized carbons (Fsp3) is 0.625. The number of nitrogens with two attached hydrogens (primary N) is 1. The molecule has 2 heterocycles. The number of hydrogen-bond acceptors (Lipinski definition) is 2. The Kier molecular flexibility index (Phi) is 4.16. The molecule has 0 amide bonds. The van der Waals surface area contributed by atoms with Crippen molar-refractivity contribution in [1.29, 1.82) is 0 Å². The molecule has 0 radical (unpaired) electrons. The molecule has 2 fully saturated rings. The first-order valence-corrected chi connectivity index (χ1v) is 8.25. The van der Waals surface area contributed by atoms with E-state index in [1.807, 2.05) is 6.07 Å². The first-order valence-electron chi connectivity index (χ1n) is 7.46. The van der Waals surface area contributed by atoms with Crippen molar-refractivity contribution in [2.45, 2.75) is 50.2 Å². The predicted molar refractivity (Wildman–Crippen MR) is 83.1 cm³/mol. The van der Waals surface area contributed by atoms with Gasteiger partial charge in [-0.15, -0.1) is 0 Å². The van der Waals surface area contributed by atoms with Gasteiger partial charge in [0.25, 0.3) is 0 Å². The van der Waals surface area contributed by atoms with Gasteiger partial charge in [0.15, 0.2) is 0 Å². The van der Waals surface area contributed by atoms with E-state index in [1.165, 1.54) is 31.7 Å². The lowest BCUT2D eigenvalue weighted by Gasteiger charge is -2.38. The Labute approximate surface area is 128 Å². The fourth-order valence-electron chi connectivity index (χ4n) is 3.92. The average Bonchev–Trinajstić information content (AvgIpc) is 2.65. The highest BCUT2D eigenvalue weighted by Crippen LogP contribution is 2.38. The molecule has 0 spiro atoms. The molecule has 0 aromatic heterocycles. The summed E-state index contributed by atoms with van der Waals surface area (Å²) in [6, 6.07) is 6.56. The number of nitrogens with zero attached hydrogens (tertiary/aromatic N) is 1. The van der Waals surface area contributed by atoms with Crippen molar-refractivity contribution in [3.63, 3.8) is 0 Å². The van der Waals surface area contributed by atoms with E-state index in [0.717, 1.165) is 10.0 Å². The second-order valence-corrected chi connectivity index (χ2v) is 7.30. The summed E-state index contributed by atoms with van der Waals surface area (Å²) in [5.41, 5.74) is 7.13. The van der Waals surface area contributed by atoms with E-state index in [4.69, 9.17) is 5.73 Å². The first-order chi connectivity index (χ1) is 9.54. The van der Waals surface area contributed by atoms with Crippen molar-refractivity contribution in [3.8, 4) is 0 Å². The predicted octanol–water partition coefficient (Wildman–Crippen LogP) is 3.33. The SMILES string of the molecule is CN1C2CCC1CC(C(N)Cc1cc(Br)ccc1F)C2. The van der Waals surface area contributed by atoms with Gasteiger partial charge in [-0.05, 0) is 68.8 Å². The molecule has 4 heteroatoms. The summed E-state index contributed by atoms with van der Waals surface area (Å²) in [6.07, 6.45) is 5.58. The number of hydrogen-bond donors (Lipinski definition) is 1. The van der Waals surface area contributed by atoms with Crippen LogP contribution in [0.4, 0.5) is 4.39 Å². The largest absolute Gasteiger partial charge is 0.327 e. The molecule has 0 aliphatic carbocycles. The molecular formula is C16H22BrFN2. The summed E-state index contributed by atoms with van der Waals surface area (Å²) in [6.45, 7) is 0. The minimum absolute atomic E-state index is 0.0654. The zero-order valence-electron chi connectivity index (χ0n) is 11.9. The summed E-state index contributed by atoms with van der Waals surface area (Å²) in [4.78, 5) is 2.52. The lowest BCUT2D eigenvalue weighted by molar-refractivity contribution is 0.120. The standard InChI is InChI=1S/C16H22BrFN2/c1-20-13-3-4-14(20)8-11(7-13)16(19)9-10-6-12(17)2-5-15(10)18/h2,5-6,11,13-14,16H,3-4,7-9,19H2,1H3. The fourth-order valence-corrected chi connectivity index (χ4v) is 4.33. The van der Waals surface area contributed by atoms with Crippen molar-refractivity contribution in [3.05, 3.63) is 34.1 Å². The minimum Gasteiger partial charge on any atom is -0.327 e. The van der Waals surface area contributed by atoms with Crippen LogP contribution < -0.4 is 5.73 Å². The molecule has 2 N–H and O–H groups in total. The number of fused-ring (bicyclic) bond motifs is 2. The third-order valence-corrected chi connectivity index (χ3v) is 5.70. The van der Waals surface area contributed by atoms with Gasteiger partial charge in [-0.25, -0.2) is 4.39 Å². The van der Waals surface area contributed by atoms with Gasteiger partial charge in [-0.3, -0.25) is 0 Å². The van der Waals surface area contributed by atoms with Crippen molar-refractivity contribution in [1.82, 2.24) is 4.90 Å². The van der Waals surface area contributed by atoms with Crippen LogP contribution in [0.3, 0.4) is 0 Å². The molecule has 2 aliphatic heterocycles. The van der Waals surface area contributed by atoms with E-state index in [2.05, 4.69) is 27.9 Å². The van der Waals surface area contributed by atoms with Crippen LogP contribution in [0.2, 0.25) is 0 Å². The monoisotopic (exact) mass is 340 g/mol. The van der Waals surface area contributed by atoms with Crippen molar-refractivity contribution in [2.75, 3.05) is 7.05 Å². The molecule has 3 unspecified atom stereocenters. The molecule has 2 aliphatic rings. The highest BCUT2D eigenvalue weighted by atomic mass is 79.9. The lowest BCUT2D eigenvalue weighted by atomic mass is 9.83. The van der Waals surface area contributed by atoms with Gasteiger partial charge in [-0.1, -0.05) is 15.9 Å². The quantitative estimate of drug-likeness (QED) is 0.914. The third kappa shape index (κ3) is 2.78. The third-order valence-electron chi connectivity index (χ3n) is 5.20. The molecule has 20 heavy (non-hydrogen) atoms. The maximum absolute atomic E-state index is 13.8. The number of benzene rings is 1. The molecule has 1 aromatic carbocycles. The Morgan fingerprint density at radius 2 is 2.00 bits per heavy atom. The Balaban J connectivity index is 1.68. The Morgan fingerprint density at radius 1 is 1.35 bits per heavy atom. The molecule has 3 rings (SSSR count). The topological polar surface area (TPSA) is 29.3 Å². The van der Waals surface area contributed by atoms with Crippen LogP contribution in [0.5, 0.6) is 0 Å². The van der Waals surface area contributed by atoms with Gasteiger partial charge in [0.1, 0.15) is 5.82 Å². The zero-order valence-corrected chi connectivity index (χ0v) is 13.4. The van der Waals surface area contributed by atoms with Gasteiger partial charge >= 0.3 is 0 Å². The van der Waals surface area contributed by atoms with Crippen LogP contribution in [-0.4, -0.2) is 30.1 Å². The van der Waals surface area contributed by atoms with E-state index >= 15 is 0 Å². The van der Waals surface area contributed by atoms with Crippen LogP contribution in [0.25, 0.3) is 0 Å². The number of halogens is 2. The molecule has 2 saturated heterocycles. The van der Waals surface area contributed by atoms with Crippen molar-refractivity contribution >= 4 is 15.9 Å². The minimum atomic E-state index is -0.139. The van der Waals surface area contributed by atoms with Gasteiger partial charge in [0.05, 0.1) is 0 Å². The Morgan fingerprint density at radius 3 is 2.65 bits per heavy atom. The lowest BCUT2D eigenvalue weighted by Crippen LogP contribution is -2.46. The van der Waals surface area contributed by atoms with E-state index in [-0.39, 0.29) is 11.9 Å². The summed E-state index contributed by atoms with van der Waals surface area (Å²) in [5, 5.41) is 0. The van der Waals surface area contributed by atoms with Crippen molar-refractivity contribution < 1.29 is 4.39 Å². The van der Waals surface area contributed by atoms with Crippen LogP contribution >= 0.6 is 15.9 Å². The van der Waals surface area contributed by atoms with E-state index in [1.54, 1.807) is 6.07 Å². The highest BCUT2D eigenvalue weighted by Gasteiger charge is 2.40. The van der Waals surface area contributed by atoms with Crippen LogP contribution in [0, 0.1) is 11.7 Å². The van der Waals surface area contributed by atoms with E-state index < -0.39 is 0 Å². The van der Waals surface area contributed by atoms with Crippen LogP contribution in [-0.2, 0) is 6.42 Å². The highest BCUT2D eigenvalue weighted by molar-refractivity contribution is 9.10. The van der Waals surface area contributed by atoms with Gasteiger partial charge in [0.2, 0.25) is 0 Å². The maximum atomic E-state index is 13.8.